The average molecular weight is 272 g/mol. The summed E-state index contributed by atoms with van der Waals surface area (Å²) in [6.45, 7) is 1.99. The van der Waals surface area contributed by atoms with Crippen molar-refractivity contribution in [3.63, 3.8) is 0 Å². The SMILES string of the molecule is CCc1nc2ccccc2c2c([O-])nc(SC)n[n+]12. The topological polar surface area (TPSA) is 65.8 Å². The largest absolute Gasteiger partial charge is 0.856 e. The van der Waals surface area contributed by atoms with E-state index < -0.39 is 0 Å². The zero-order chi connectivity index (χ0) is 13.4. The normalized spacial score (nSPS) is 11.3. The zero-order valence-corrected chi connectivity index (χ0v) is 11.4. The second kappa shape index (κ2) is 4.62. The minimum atomic E-state index is -0.257. The molecule has 5 nitrogen and oxygen atoms in total. The quantitative estimate of drug-likeness (QED) is 0.397. The summed E-state index contributed by atoms with van der Waals surface area (Å²) >= 11 is 1.35. The van der Waals surface area contributed by atoms with E-state index in [1.54, 1.807) is 4.52 Å². The number of benzene rings is 1. The Labute approximate surface area is 114 Å². The van der Waals surface area contributed by atoms with Gasteiger partial charge >= 0.3 is 5.82 Å². The monoisotopic (exact) mass is 272 g/mol. The van der Waals surface area contributed by atoms with Crippen LogP contribution < -0.4 is 9.62 Å². The first-order valence-electron chi connectivity index (χ1n) is 5.97. The molecule has 0 aliphatic carbocycles. The number of rotatable bonds is 2. The molecular weight excluding hydrogens is 260 g/mol. The minimum absolute atomic E-state index is 0.257. The maximum Gasteiger partial charge on any atom is 0.324 e. The van der Waals surface area contributed by atoms with Crippen molar-refractivity contribution in [1.29, 1.82) is 0 Å². The third kappa shape index (κ3) is 1.88. The minimum Gasteiger partial charge on any atom is -0.856 e. The Hall–Kier alpha value is -1.95. The lowest BCUT2D eigenvalue weighted by Gasteiger charge is -2.09. The molecule has 0 spiro atoms. The molecule has 0 N–H and O–H groups in total. The van der Waals surface area contributed by atoms with Gasteiger partial charge in [0.15, 0.2) is 11.0 Å². The van der Waals surface area contributed by atoms with Crippen molar-refractivity contribution in [3.8, 4) is 5.88 Å². The second-order valence-corrected chi connectivity index (χ2v) is 4.84. The number of nitrogens with zero attached hydrogens (tertiary/aromatic N) is 4. The van der Waals surface area contributed by atoms with Gasteiger partial charge in [-0.1, -0.05) is 40.4 Å². The van der Waals surface area contributed by atoms with Crippen molar-refractivity contribution >= 4 is 28.2 Å². The molecule has 6 heteroatoms. The summed E-state index contributed by atoms with van der Waals surface area (Å²) in [6.07, 6.45) is 2.55. The van der Waals surface area contributed by atoms with Crippen molar-refractivity contribution in [1.82, 2.24) is 15.1 Å². The van der Waals surface area contributed by atoms with E-state index in [-0.39, 0.29) is 5.88 Å². The molecule has 1 aromatic carbocycles. The van der Waals surface area contributed by atoms with Crippen molar-refractivity contribution in [2.45, 2.75) is 18.5 Å². The van der Waals surface area contributed by atoms with Crippen LogP contribution in [0.15, 0.2) is 29.4 Å². The van der Waals surface area contributed by atoms with Crippen LogP contribution in [0.4, 0.5) is 0 Å². The van der Waals surface area contributed by atoms with Gasteiger partial charge < -0.3 is 5.11 Å². The maximum atomic E-state index is 12.2. The predicted molar refractivity (Wildman–Crippen MR) is 71.1 cm³/mol. The molecule has 0 unspecified atom stereocenters. The Morgan fingerprint density at radius 2 is 2.05 bits per heavy atom. The van der Waals surface area contributed by atoms with Crippen molar-refractivity contribution in [3.05, 3.63) is 30.1 Å². The van der Waals surface area contributed by atoms with Crippen LogP contribution in [0.2, 0.25) is 0 Å². The van der Waals surface area contributed by atoms with Gasteiger partial charge in [-0.2, -0.15) is 0 Å². The van der Waals surface area contributed by atoms with Crippen LogP contribution in [-0.4, -0.2) is 21.3 Å². The van der Waals surface area contributed by atoms with Gasteiger partial charge in [-0.3, -0.25) is 0 Å². The molecule has 3 aromatic rings. The molecule has 19 heavy (non-hydrogen) atoms. The number of fused-ring (bicyclic) bond motifs is 3. The van der Waals surface area contributed by atoms with Crippen molar-refractivity contribution in [2.75, 3.05) is 6.26 Å². The third-order valence-corrected chi connectivity index (χ3v) is 3.49. The number of thioether (sulfide) groups is 1. The molecule has 96 valence electrons. The number of aryl methyl sites for hydroxylation is 1. The highest BCUT2D eigenvalue weighted by atomic mass is 32.2. The van der Waals surface area contributed by atoms with E-state index in [2.05, 4.69) is 15.1 Å². The molecule has 0 fully saturated rings. The lowest BCUT2D eigenvalue weighted by molar-refractivity contribution is -0.599. The first-order chi connectivity index (χ1) is 9.24. The lowest BCUT2D eigenvalue weighted by Crippen LogP contribution is -2.35. The van der Waals surface area contributed by atoms with Gasteiger partial charge in [0.2, 0.25) is 5.16 Å². The molecule has 0 saturated carbocycles. The van der Waals surface area contributed by atoms with Gasteiger partial charge in [-0.15, -0.1) is 0 Å². The van der Waals surface area contributed by atoms with E-state index in [1.165, 1.54) is 11.8 Å². The van der Waals surface area contributed by atoms with Crippen LogP contribution >= 0.6 is 11.8 Å². The summed E-state index contributed by atoms with van der Waals surface area (Å²) in [5.74, 6) is 0.510. The van der Waals surface area contributed by atoms with Crippen LogP contribution in [0, 0.1) is 0 Å². The molecular formula is C13H12N4OS. The van der Waals surface area contributed by atoms with E-state index in [1.807, 2.05) is 37.4 Å². The summed E-state index contributed by atoms with van der Waals surface area (Å²) in [5, 5.41) is 17.9. The number of para-hydroxylation sites is 1. The van der Waals surface area contributed by atoms with Gasteiger partial charge in [0.1, 0.15) is 0 Å². The summed E-state index contributed by atoms with van der Waals surface area (Å²) in [6, 6.07) is 7.57. The Morgan fingerprint density at radius 3 is 2.79 bits per heavy atom. The summed E-state index contributed by atoms with van der Waals surface area (Å²) in [7, 11) is 0. The highest BCUT2D eigenvalue weighted by molar-refractivity contribution is 7.98. The van der Waals surface area contributed by atoms with Gasteiger partial charge in [0.25, 0.3) is 0 Å². The molecule has 3 rings (SSSR count). The highest BCUT2D eigenvalue weighted by Crippen LogP contribution is 2.21. The maximum absolute atomic E-state index is 12.2. The molecule has 0 radical (unpaired) electrons. The molecule has 2 heterocycles. The fraction of sp³-hybridized carbons (Fsp3) is 0.231. The number of aromatic nitrogens is 4. The van der Waals surface area contributed by atoms with Gasteiger partial charge in [-0.05, 0) is 23.4 Å². The van der Waals surface area contributed by atoms with Crippen LogP contribution in [0.1, 0.15) is 12.7 Å². The summed E-state index contributed by atoms with van der Waals surface area (Å²) in [5.41, 5.74) is 1.30. The Balaban J connectivity index is 2.54. The molecule has 0 saturated heterocycles. The molecule has 0 atom stereocenters. The van der Waals surface area contributed by atoms with Crippen LogP contribution in [-0.2, 0) is 6.42 Å². The standard InChI is InChI=1S/C13H12N4OS/c1-3-10-14-9-7-5-4-6-8(9)11-12(18)15-13(19-2)16-17(10)11/h4-7H,3H2,1-2H3. The fourth-order valence-corrected chi connectivity index (χ4v) is 2.41. The van der Waals surface area contributed by atoms with Crippen LogP contribution in [0.3, 0.4) is 0 Å². The smallest absolute Gasteiger partial charge is 0.324 e. The van der Waals surface area contributed by atoms with E-state index in [0.29, 0.717) is 17.1 Å². The fourth-order valence-electron chi connectivity index (χ4n) is 2.08. The number of hydrogen-bond donors (Lipinski definition) is 0. The van der Waals surface area contributed by atoms with Crippen molar-refractivity contribution < 1.29 is 9.62 Å². The number of hydrogen-bond acceptors (Lipinski definition) is 5. The zero-order valence-electron chi connectivity index (χ0n) is 10.6. The first-order valence-corrected chi connectivity index (χ1v) is 7.19. The van der Waals surface area contributed by atoms with Crippen LogP contribution in [0.25, 0.3) is 16.4 Å². The molecule has 0 bridgehead atoms. The highest BCUT2D eigenvalue weighted by Gasteiger charge is 2.18. The average Bonchev–Trinajstić information content (AvgIpc) is 2.45. The van der Waals surface area contributed by atoms with E-state index in [9.17, 15) is 5.11 Å². The van der Waals surface area contributed by atoms with E-state index in [4.69, 9.17) is 0 Å². The molecule has 0 aliphatic heterocycles. The van der Waals surface area contributed by atoms with Gasteiger partial charge in [0, 0.05) is 5.88 Å². The predicted octanol–water partition coefficient (Wildman–Crippen LogP) is 1.12. The van der Waals surface area contributed by atoms with Crippen molar-refractivity contribution in [2.24, 2.45) is 0 Å². The van der Waals surface area contributed by atoms with E-state index >= 15 is 0 Å². The van der Waals surface area contributed by atoms with Gasteiger partial charge in [0.05, 0.1) is 11.8 Å². The van der Waals surface area contributed by atoms with Crippen LogP contribution in [0.5, 0.6) is 5.88 Å². The molecule has 2 aromatic heterocycles. The molecule has 0 aliphatic rings. The second-order valence-electron chi connectivity index (χ2n) is 4.06. The van der Waals surface area contributed by atoms with E-state index in [0.717, 1.165) is 16.7 Å². The Bertz CT molecular complexity index is 775. The summed E-state index contributed by atoms with van der Waals surface area (Å²) < 4.78 is 1.63. The first kappa shape index (κ1) is 12.1. The Morgan fingerprint density at radius 1 is 1.26 bits per heavy atom. The Kier molecular flexibility index (Phi) is 2.94. The summed E-state index contributed by atoms with van der Waals surface area (Å²) in [4.78, 5) is 8.56. The lowest BCUT2D eigenvalue weighted by atomic mass is 10.2. The molecule has 0 amide bonds. The van der Waals surface area contributed by atoms with Gasteiger partial charge in [-0.25, -0.2) is 4.98 Å². The third-order valence-electron chi connectivity index (χ3n) is 2.95.